The lowest BCUT2D eigenvalue weighted by atomic mass is 10.1. The molecule has 1 aliphatic rings. The Kier molecular flexibility index (Phi) is 2.29. The Hall–Kier alpha value is -1.96. The smallest absolute Gasteiger partial charge is 0.0964 e. The number of aromatic nitrogens is 1. The molecule has 0 radical (unpaired) electrons. The summed E-state index contributed by atoms with van der Waals surface area (Å²) in [6, 6.07) is 6.38. The third-order valence-corrected chi connectivity index (χ3v) is 3.01. The van der Waals surface area contributed by atoms with Crippen molar-refractivity contribution in [3.63, 3.8) is 0 Å². The molecule has 0 amide bonds. The summed E-state index contributed by atoms with van der Waals surface area (Å²) in [7, 11) is 0. The van der Waals surface area contributed by atoms with Gasteiger partial charge in [-0.05, 0) is 18.6 Å². The van der Waals surface area contributed by atoms with Gasteiger partial charge in [-0.25, -0.2) is 0 Å². The first kappa shape index (κ1) is 10.2. The Morgan fingerprint density at radius 3 is 3.00 bits per heavy atom. The van der Waals surface area contributed by atoms with Crippen molar-refractivity contribution in [3.05, 3.63) is 41.6 Å². The van der Waals surface area contributed by atoms with Crippen LogP contribution >= 0.6 is 0 Å². The van der Waals surface area contributed by atoms with E-state index in [0.717, 1.165) is 22.2 Å². The number of allylic oxidation sites excluding steroid dienone is 1. The van der Waals surface area contributed by atoms with Crippen LogP contribution in [0.4, 0.5) is 5.69 Å². The van der Waals surface area contributed by atoms with Gasteiger partial charge in [-0.1, -0.05) is 31.2 Å². The molecule has 2 heterocycles. The molecule has 0 spiro atoms. The monoisotopic (exact) mass is 222 g/mol. The summed E-state index contributed by atoms with van der Waals surface area (Å²) in [6.45, 7) is 4.19. The van der Waals surface area contributed by atoms with Crippen LogP contribution in [-0.4, -0.2) is 11.2 Å². The lowest BCUT2D eigenvalue weighted by molar-refractivity contribution is 1.04. The van der Waals surface area contributed by atoms with Crippen molar-refractivity contribution in [1.82, 2.24) is 4.98 Å². The van der Waals surface area contributed by atoms with Gasteiger partial charge >= 0.3 is 0 Å². The highest BCUT2D eigenvalue weighted by Gasteiger charge is 2.09. The lowest BCUT2D eigenvalue weighted by Crippen LogP contribution is -1.87. The third kappa shape index (κ3) is 1.76. The predicted octanol–water partition coefficient (Wildman–Crippen LogP) is 3.91. The zero-order chi connectivity index (χ0) is 11.8. The molecule has 1 aromatic carbocycles. The van der Waals surface area contributed by atoms with E-state index in [1.165, 1.54) is 5.56 Å². The van der Waals surface area contributed by atoms with Gasteiger partial charge in [0.1, 0.15) is 0 Å². The Morgan fingerprint density at radius 1 is 1.24 bits per heavy atom. The van der Waals surface area contributed by atoms with Gasteiger partial charge in [0.15, 0.2) is 0 Å². The number of rotatable bonds is 0. The van der Waals surface area contributed by atoms with Crippen LogP contribution in [0.1, 0.15) is 18.1 Å². The fraction of sp³-hybridized carbons (Fsp3) is 0.200. The molecular weight excluding hydrogens is 208 g/mol. The molecule has 1 unspecified atom stereocenters. The van der Waals surface area contributed by atoms with Gasteiger partial charge < -0.3 is 0 Å². The first-order chi connectivity index (χ1) is 8.24. The van der Waals surface area contributed by atoms with E-state index in [1.54, 1.807) is 0 Å². The number of hydrogen-bond acceptors (Lipinski definition) is 2. The van der Waals surface area contributed by atoms with E-state index >= 15 is 0 Å². The zero-order valence-electron chi connectivity index (χ0n) is 10.0. The van der Waals surface area contributed by atoms with Crippen molar-refractivity contribution in [1.29, 1.82) is 0 Å². The van der Waals surface area contributed by atoms with Crippen LogP contribution in [0.5, 0.6) is 0 Å². The third-order valence-electron chi connectivity index (χ3n) is 3.01. The van der Waals surface area contributed by atoms with Crippen LogP contribution in [0, 0.1) is 12.8 Å². The van der Waals surface area contributed by atoms with Crippen LogP contribution < -0.4 is 0 Å². The molecule has 1 atom stereocenters. The molecule has 17 heavy (non-hydrogen) atoms. The van der Waals surface area contributed by atoms with Gasteiger partial charge in [0.2, 0.25) is 0 Å². The van der Waals surface area contributed by atoms with Gasteiger partial charge in [0.05, 0.1) is 11.2 Å². The van der Waals surface area contributed by atoms with Crippen molar-refractivity contribution < 1.29 is 0 Å². The topological polar surface area (TPSA) is 25.2 Å². The van der Waals surface area contributed by atoms with E-state index in [2.05, 4.69) is 54.2 Å². The van der Waals surface area contributed by atoms with Crippen molar-refractivity contribution in [3.8, 4) is 0 Å². The molecule has 0 fully saturated rings. The fourth-order valence-corrected chi connectivity index (χ4v) is 2.08. The highest BCUT2D eigenvalue weighted by molar-refractivity contribution is 5.96. The predicted molar refractivity (Wildman–Crippen MR) is 72.8 cm³/mol. The molecule has 0 saturated heterocycles. The van der Waals surface area contributed by atoms with Crippen LogP contribution in [0.2, 0.25) is 0 Å². The van der Waals surface area contributed by atoms with E-state index in [1.807, 2.05) is 12.4 Å². The first-order valence-electron chi connectivity index (χ1n) is 5.86. The van der Waals surface area contributed by atoms with E-state index in [-0.39, 0.29) is 0 Å². The van der Waals surface area contributed by atoms with E-state index in [9.17, 15) is 0 Å². The van der Waals surface area contributed by atoms with E-state index < -0.39 is 0 Å². The summed E-state index contributed by atoms with van der Waals surface area (Å²) in [5, 5.41) is 1.16. The molecule has 1 aromatic heterocycles. The normalized spacial score (nSPS) is 18.1. The summed E-state index contributed by atoms with van der Waals surface area (Å²) >= 11 is 0. The molecule has 0 saturated carbocycles. The largest absolute Gasteiger partial charge is 0.258 e. The average Bonchev–Trinajstić information content (AvgIpc) is 2.51. The zero-order valence-corrected chi connectivity index (χ0v) is 10.0. The van der Waals surface area contributed by atoms with E-state index in [4.69, 9.17) is 0 Å². The Balaban J connectivity index is 2.33. The molecule has 2 nitrogen and oxygen atoms in total. The second-order valence-electron chi connectivity index (χ2n) is 4.58. The molecule has 0 N–H and O–H groups in total. The maximum atomic E-state index is 4.58. The molecule has 84 valence electrons. The summed E-state index contributed by atoms with van der Waals surface area (Å²) in [5.74, 6) is 0.378. The van der Waals surface area contributed by atoms with E-state index in [0.29, 0.717) is 5.92 Å². The quantitative estimate of drug-likeness (QED) is 0.663. The van der Waals surface area contributed by atoms with Gasteiger partial charge in [0.25, 0.3) is 0 Å². The van der Waals surface area contributed by atoms with Crippen LogP contribution in [0.25, 0.3) is 17.0 Å². The number of aliphatic imine (C=N–C) groups is 1. The van der Waals surface area contributed by atoms with Crippen molar-refractivity contribution in [2.45, 2.75) is 13.8 Å². The number of benzene rings is 1. The van der Waals surface area contributed by atoms with Crippen LogP contribution in [0.3, 0.4) is 0 Å². The molecule has 2 aromatic rings. The summed E-state index contributed by atoms with van der Waals surface area (Å²) in [4.78, 5) is 9.09. The lowest BCUT2D eigenvalue weighted by Gasteiger charge is -2.05. The SMILES string of the molecule is Cc1cnc2c3c(ccc2c1)C=CC(C)C=N3. The van der Waals surface area contributed by atoms with Gasteiger partial charge in [0, 0.05) is 29.3 Å². The maximum absolute atomic E-state index is 4.58. The van der Waals surface area contributed by atoms with Crippen molar-refractivity contribution in [2.24, 2.45) is 10.9 Å². The fourth-order valence-electron chi connectivity index (χ4n) is 2.08. The van der Waals surface area contributed by atoms with Gasteiger partial charge in [-0.3, -0.25) is 9.98 Å². The van der Waals surface area contributed by atoms with Gasteiger partial charge in [-0.15, -0.1) is 0 Å². The number of aryl methyl sites for hydroxylation is 1. The summed E-state index contributed by atoms with van der Waals surface area (Å²) in [5.41, 5.74) is 4.31. The molecule has 1 aliphatic heterocycles. The molecule has 0 bridgehead atoms. The second kappa shape index (κ2) is 3.81. The minimum absolute atomic E-state index is 0.378. The number of nitrogens with zero attached hydrogens (tertiary/aromatic N) is 2. The van der Waals surface area contributed by atoms with Crippen LogP contribution in [0.15, 0.2) is 35.5 Å². The Labute approximate surface area is 101 Å². The minimum Gasteiger partial charge on any atom is -0.258 e. The number of fused-ring (bicyclic) bond motifs is 3. The molecule has 2 heteroatoms. The number of pyridine rings is 1. The minimum atomic E-state index is 0.378. The van der Waals surface area contributed by atoms with Crippen molar-refractivity contribution >= 4 is 28.9 Å². The second-order valence-corrected chi connectivity index (χ2v) is 4.58. The number of hydrogen-bond donors (Lipinski definition) is 0. The summed E-state index contributed by atoms with van der Waals surface area (Å²) in [6.07, 6.45) is 8.17. The highest BCUT2D eigenvalue weighted by atomic mass is 14.8. The molecule has 3 rings (SSSR count). The Bertz CT molecular complexity index is 639. The summed E-state index contributed by atoms with van der Waals surface area (Å²) < 4.78 is 0. The van der Waals surface area contributed by atoms with Gasteiger partial charge in [-0.2, -0.15) is 0 Å². The maximum Gasteiger partial charge on any atom is 0.0964 e. The molecular formula is C15H14N2. The highest BCUT2D eigenvalue weighted by Crippen LogP contribution is 2.31. The standard InChI is InChI=1S/C15H14N2/c1-10-3-4-12-5-6-13-7-11(2)9-17-15(13)14(12)16-8-10/h3-10H,1-2H3. The van der Waals surface area contributed by atoms with Crippen LogP contribution in [-0.2, 0) is 0 Å². The van der Waals surface area contributed by atoms with Crippen molar-refractivity contribution in [2.75, 3.05) is 0 Å². The molecule has 0 aliphatic carbocycles. The first-order valence-corrected chi connectivity index (χ1v) is 5.86. The average molecular weight is 222 g/mol. The Morgan fingerprint density at radius 2 is 2.12 bits per heavy atom.